The number of nitriles is 1. The second kappa shape index (κ2) is 7.18. The molecule has 2 fully saturated rings. The molecular weight excluding hydrogens is 366 g/mol. The van der Waals surface area contributed by atoms with E-state index in [1.54, 1.807) is 4.68 Å². The van der Waals surface area contributed by atoms with E-state index in [-0.39, 0.29) is 23.9 Å². The topological polar surface area (TPSA) is 91.0 Å². The summed E-state index contributed by atoms with van der Waals surface area (Å²) in [6.07, 6.45) is 4.62. The maximum absolute atomic E-state index is 13.1. The van der Waals surface area contributed by atoms with Crippen molar-refractivity contribution in [3.63, 3.8) is 0 Å². The summed E-state index contributed by atoms with van der Waals surface area (Å²) in [5.41, 5.74) is 0.852. The average molecular weight is 393 g/mol. The Morgan fingerprint density at radius 2 is 2.14 bits per heavy atom. The molecule has 1 aliphatic heterocycles. The minimum absolute atomic E-state index is 0.0333. The van der Waals surface area contributed by atoms with Gasteiger partial charge < -0.3 is 10.2 Å². The van der Waals surface area contributed by atoms with Crippen LogP contribution in [0.25, 0.3) is 10.9 Å². The number of hydrogen-bond donors (Lipinski definition) is 1. The molecule has 2 bridgehead atoms. The first-order valence-corrected chi connectivity index (χ1v) is 10.2. The van der Waals surface area contributed by atoms with Crippen LogP contribution in [0.4, 0.5) is 0 Å². The van der Waals surface area contributed by atoms with E-state index in [4.69, 9.17) is 5.26 Å². The highest BCUT2D eigenvalue weighted by atomic mass is 16.2. The number of piperidine rings is 1. The molecule has 7 nitrogen and oxygen atoms in total. The average Bonchev–Trinajstić information content (AvgIpc) is 3.37. The Hall–Kier alpha value is -2.88. The van der Waals surface area contributed by atoms with E-state index in [9.17, 15) is 9.59 Å². The standard InChI is InChI=1S/C22H27N5O2/c1-22(2,8-5-9-23)21(29)27-12-14-10-18(19(27)11-14)24-20(28)15-6-4-7-17-16(15)13-26(3)25-17/h4,6-7,13-14,18-19H,5,8,10-12H2,1-3H3,(H,24,28). The van der Waals surface area contributed by atoms with Crippen molar-refractivity contribution in [1.29, 1.82) is 5.26 Å². The number of rotatable bonds is 5. The summed E-state index contributed by atoms with van der Waals surface area (Å²) in [6, 6.07) is 7.70. The molecule has 4 rings (SSSR count). The molecule has 1 aromatic carbocycles. The minimum atomic E-state index is -0.559. The predicted molar refractivity (Wildman–Crippen MR) is 109 cm³/mol. The van der Waals surface area contributed by atoms with Crippen LogP contribution in [0.15, 0.2) is 24.4 Å². The van der Waals surface area contributed by atoms with Crippen LogP contribution in [0, 0.1) is 22.7 Å². The molecule has 0 spiro atoms. The first kappa shape index (κ1) is 19.4. The largest absolute Gasteiger partial charge is 0.347 e. The SMILES string of the molecule is Cn1cc2c(C(=O)NC3CC4CC3N(C(=O)C(C)(C)CCC#N)C4)cccc2n1. The van der Waals surface area contributed by atoms with Crippen LogP contribution in [0.1, 0.15) is 49.9 Å². The molecule has 1 aliphatic carbocycles. The fourth-order valence-electron chi connectivity index (χ4n) is 4.88. The van der Waals surface area contributed by atoms with Gasteiger partial charge in [0.05, 0.1) is 23.2 Å². The first-order chi connectivity index (χ1) is 13.8. The number of aromatic nitrogens is 2. The van der Waals surface area contributed by atoms with Crippen LogP contribution in [0.3, 0.4) is 0 Å². The highest BCUT2D eigenvalue weighted by Crippen LogP contribution is 2.41. The number of carbonyl (C=O) groups excluding carboxylic acids is 2. The molecule has 0 radical (unpaired) electrons. The van der Waals surface area contributed by atoms with Crippen LogP contribution in [0.2, 0.25) is 0 Å². The Morgan fingerprint density at radius 1 is 1.34 bits per heavy atom. The van der Waals surface area contributed by atoms with Crippen molar-refractivity contribution in [1.82, 2.24) is 20.0 Å². The van der Waals surface area contributed by atoms with E-state index in [2.05, 4.69) is 16.5 Å². The lowest BCUT2D eigenvalue weighted by molar-refractivity contribution is -0.142. The molecule has 2 aliphatic rings. The highest BCUT2D eigenvalue weighted by molar-refractivity contribution is 6.06. The zero-order chi connectivity index (χ0) is 20.8. The number of hydrogen-bond acceptors (Lipinski definition) is 4. The van der Waals surface area contributed by atoms with E-state index in [1.807, 2.05) is 50.2 Å². The number of fused-ring (bicyclic) bond motifs is 3. The summed E-state index contributed by atoms with van der Waals surface area (Å²) >= 11 is 0. The quantitative estimate of drug-likeness (QED) is 0.845. The van der Waals surface area contributed by atoms with Gasteiger partial charge in [-0.15, -0.1) is 0 Å². The van der Waals surface area contributed by atoms with Crippen molar-refractivity contribution in [2.75, 3.05) is 6.54 Å². The molecule has 2 amide bonds. The number of aryl methyl sites for hydroxylation is 1. The van der Waals surface area contributed by atoms with Gasteiger partial charge in [-0.05, 0) is 37.3 Å². The van der Waals surface area contributed by atoms with E-state index in [0.29, 0.717) is 24.3 Å². The Labute approximate surface area is 170 Å². The van der Waals surface area contributed by atoms with Gasteiger partial charge >= 0.3 is 0 Å². The number of nitrogens with one attached hydrogen (secondary N) is 1. The second-order valence-corrected chi connectivity index (χ2v) is 9.03. The summed E-state index contributed by atoms with van der Waals surface area (Å²) in [4.78, 5) is 28.1. The highest BCUT2D eigenvalue weighted by Gasteiger charge is 2.49. The molecule has 1 saturated carbocycles. The molecule has 29 heavy (non-hydrogen) atoms. The second-order valence-electron chi connectivity index (χ2n) is 9.03. The van der Waals surface area contributed by atoms with Crippen LogP contribution in [-0.4, -0.2) is 45.1 Å². The van der Waals surface area contributed by atoms with Crippen LogP contribution < -0.4 is 5.32 Å². The minimum Gasteiger partial charge on any atom is -0.347 e. The Morgan fingerprint density at radius 3 is 2.86 bits per heavy atom. The van der Waals surface area contributed by atoms with Crippen molar-refractivity contribution in [3.05, 3.63) is 30.0 Å². The number of carbonyl (C=O) groups is 2. The lowest BCUT2D eigenvalue weighted by atomic mass is 9.85. The molecule has 2 heterocycles. The fraction of sp³-hybridized carbons (Fsp3) is 0.545. The molecule has 3 atom stereocenters. The maximum atomic E-state index is 13.1. The van der Waals surface area contributed by atoms with E-state index in [0.717, 1.165) is 30.3 Å². The monoisotopic (exact) mass is 393 g/mol. The van der Waals surface area contributed by atoms with Gasteiger partial charge in [0.15, 0.2) is 0 Å². The number of benzene rings is 1. The van der Waals surface area contributed by atoms with Crippen molar-refractivity contribution in [3.8, 4) is 6.07 Å². The summed E-state index contributed by atoms with van der Waals surface area (Å²) < 4.78 is 1.71. The molecule has 1 saturated heterocycles. The smallest absolute Gasteiger partial charge is 0.252 e. The maximum Gasteiger partial charge on any atom is 0.252 e. The van der Waals surface area contributed by atoms with Crippen molar-refractivity contribution >= 4 is 22.7 Å². The number of amides is 2. The van der Waals surface area contributed by atoms with Gasteiger partial charge in [0.25, 0.3) is 5.91 Å². The normalized spacial score (nSPS) is 23.4. The van der Waals surface area contributed by atoms with Gasteiger partial charge in [-0.1, -0.05) is 19.9 Å². The number of likely N-dealkylation sites (tertiary alicyclic amines) is 1. The van der Waals surface area contributed by atoms with Gasteiger partial charge in [-0.25, -0.2) is 0 Å². The zero-order valence-corrected chi connectivity index (χ0v) is 17.2. The third-order valence-corrected chi connectivity index (χ3v) is 6.41. The summed E-state index contributed by atoms with van der Waals surface area (Å²) in [5, 5.41) is 17.3. The molecule has 152 valence electrons. The van der Waals surface area contributed by atoms with Crippen molar-refractivity contribution in [2.45, 2.75) is 51.6 Å². The number of nitrogens with zero attached hydrogens (tertiary/aromatic N) is 4. The zero-order valence-electron chi connectivity index (χ0n) is 17.2. The molecule has 2 aromatic rings. The van der Waals surface area contributed by atoms with Gasteiger partial charge in [0.1, 0.15) is 0 Å². The van der Waals surface area contributed by atoms with E-state index < -0.39 is 5.41 Å². The predicted octanol–water partition coefficient (Wildman–Crippen LogP) is 2.62. The Balaban J connectivity index is 1.50. The first-order valence-electron chi connectivity index (χ1n) is 10.2. The molecular formula is C22H27N5O2. The van der Waals surface area contributed by atoms with Gasteiger partial charge in [0, 0.05) is 43.1 Å². The van der Waals surface area contributed by atoms with Gasteiger partial charge in [-0.2, -0.15) is 10.4 Å². The van der Waals surface area contributed by atoms with Crippen molar-refractivity contribution < 1.29 is 9.59 Å². The summed E-state index contributed by atoms with van der Waals surface area (Å²) in [5.74, 6) is 0.404. The van der Waals surface area contributed by atoms with Crippen LogP contribution in [0.5, 0.6) is 0 Å². The molecule has 1 N–H and O–H groups in total. The summed E-state index contributed by atoms with van der Waals surface area (Å²) in [7, 11) is 1.84. The molecule has 3 unspecified atom stereocenters. The molecule has 7 heteroatoms. The summed E-state index contributed by atoms with van der Waals surface area (Å²) in [6.45, 7) is 4.58. The molecule has 1 aromatic heterocycles. The Bertz CT molecular complexity index is 1000. The Kier molecular flexibility index (Phi) is 4.81. The van der Waals surface area contributed by atoms with E-state index >= 15 is 0 Å². The van der Waals surface area contributed by atoms with Crippen LogP contribution >= 0.6 is 0 Å². The third kappa shape index (κ3) is 3.48. The third-order valence-electron chi connectivity index (χ3n) is 6.41. The van der Waals surface area contributed by atoms with Crippen molar-refractivity contribution in [2.24, 2.45) is 18.4 Å². The fourth-order valence-corrected chi connectivity index (χ4v) is 4.88. The van der Waals surface area contributed by atoms with Crippen LogP contribution in [-0.2, 0) is 11.8 Å². The lowest BCUT2D eigenvalue weighted by Gasteiger charge is -2.38. The van der Waals surface area contributed by atoms with E-state index in [1.165, 1.54) is 0 Å². The van der Waals surface area contributed by atoms with Gasteiger partial charge in [-0.3, -0.25) is 14.3 Å². The van der Waals surface area contributed by atoms with Gasteiger partial charge in [0.2, 0.25) is 5.91 Å². The lowest BCUT2D eigenvalue weighted by Crippen LogP contribution is -2.54.